The lowest BCUT2D eigenvalue weighted by Crippen LogP contribution is -2.15. The van der Waals surface area contributed by atoms with Gasteiger partial charge in [0.05, 0.1) is 31.1 Å². The standard InChI is InChI=1S/C16H23NO6S/c1-5-11(2)16(18)23-6-7-24-10-12-8-14(21-3)15(22-4)9-13(12)17(19)20/h8-9,11H,5-7,10H2,1-4H3. The number of carbonyl (C=O) groups excluding carboxylic acids is 1. The molecule has 0 saturated heterocycles. The second-order valence-corrected chi connectivity index (χ2v) is 6.23. The van der Waals surface area contributed by atoms with Crippen LogP contribution in [0.4, 0.5) is 5.69 Å². The molecule has 0 saturated carbocycles. The van der Waals surface area contributed by atoms with Crippen LogP contribution in [0.1, 0.15) is 25.8 Å². The summed E-state index contributed by atoms with van der Waals surface area (Å²) >= 11 is 1.45. The highest BCUT2D eigenvalue weighted by atomic mass is 32.2. The van der Waals surface area contributed by atoms with Crippen molar-refractivity contribution in [1.82, 2.24) is 0 Å². The van der Waals surface area contributed by atoms with Crippen LogP contribution in [0.15, 0.2) is 12.1 Å². The molecule has 0 aliphatic heterocycles. The Morgan fingerprint density at radius 1 is 1.29 bits per heavy atom. The molecule has 0 spiro atoms. The maximum Gasteiger partial charge on any atom is 0.308 e. The molecule has 134 valence electrons. The number of thioether (sulfide) groups is 1. The van der Waals surface area contributed by atoms with Crippen molar-refractivity contribution in [2.24, 2.45) is 5.92 Å². The van der Waals surface area contributed by atoms with Crippen LogP contribution in [0.3, 0.4) is 0 Å². The maximum absolute atomic E-state index is 11.6. The first-order valence-corrected chi connectivity index (χ1v) is 8.73. The highest BCUT2D eigenvalue weighted by Crippen LogP contribution is 2.36. The molecule has 1 unspecified atom stereocenters. The van der Waals surface area contributed by atoms with Crippen molar-refractivity contribution in [2.75, 3.05) is 26.6 Å². The number of rotatable bonds is 10. The van der Waals surface area contributed by atoms with Crippen molar-refractivity contribution >= 4 is 23.4 Å². The molecule has 0 fully saturated rings. The number of ether oxygens (including phenoxy) is 3. The van der Waals surface area contributed by atoms with Gasteiger partial charge in [0.2, 0.25) is 0 Å². The van der Waals surface area contributed by atoms with Gasteiger partial charge in [0.15, 0.2) is 11.5 Å². The Bertz CT molecular complexity index is 578. The number of carbonyl (C=O) groups is 1. The number of hydrogen-bond acceptors (Lipinski definition) is 7. The molecule has 0 N–H and O–H groups in total. The minimum atomic E-state index is -0.444. The molecule has 24 heavy (non-hydrogen) atoms. The van der Waals surface area contributed by atoms with E-state index in [1.165, 1.54) is 32.0 Å². The van der Waals surface area contributed by atoms with Crippen molar-refractivity contribution in [3.63, 3.8) is 0 Å². The average Bonchev–Trinajstić information content (AvgIpc) is 2.59. The lowest BCUT2D eigenvalue weighted by atomic mass is 10.1. The molecule has 1 rings (SSSR count). The van der Waals surface area contributed by atoms with Crippen LogP contribution in [-0.2, 0) is 15.3 Å². The zero-order chi connectivity index (χ0) is 18.1. The highest BCUT2D eigenvalue weighted by Gasteiger charge is 2.19. The Hall–Kier alpha value is -1.96. The summed E-state index contributed by atoms with van der Waals surface area (Å²) in [6.07, 6.45) is 0.740. The molecular formula is C16H23NO6S. The third kappa shape index (κ3) is 5.59. The largest absolute Gasteiger partial charge is 0.493 e. The van der Waals surface area contributed by atoms with Gasteiger partial charge < -0.3 is 14.2 Å². The zero-order valence-electron chi connectivity index (χ0n) is 14.4. The summed E-state index contributed by atoms with van der Waals surface area (Å²) in [5, 5.41) is 11.2. The van der Waals surface area contributed by atoms with E-state index in [2.05, 4.69) is 0 Å². The van der Waals surface area contributed by atoms with Gasteiger partial charge in [0.25, 0.3) is 5.69 Å². The van der Waals surface area contributed by atoms with E-state index >= 15 is 0 Å². The monoisotopic (exact) mass is 357 g/mol. The van der Waals surface area contributed by atoms with Gasteiger partial charge in [0, 0.05) is 17.1 Å². The maximum atomic E-state index is 11.6. The normalized spacial score (nSPS) is 11.7. The van der Waals surface area contributed by atoms with E-state index in [4.69, 9.17) is 14.2 Å². The van der Waals surface area contributed by atoms with Gasteiger partial charge in [-0.25, -0.2) is 0 Å². The quantitative estimate of drug-likeness (QED) is 0.274. The molecule has 0 amide bonds. The Morgan fingerprint density at radius 2 is 1.92 bits per heavy atom. The van der Waals surface area contributed by atoms with Crippen molar-refractivity contribution in [3.05, 3.63) is 27.8 Å². The Balaban J connectivity index is 2.64. The van der Waals surface area contributed by atoms with Crippen LogP contribution < -0.4 is 9.47 Å². The fourth-order valence-corrected chi connectivity index (χ4v) is 2.68. The molecule has 0 radical (unpaired) electrons. The van der Waals surface area contributed by atoms with Crippen LogP contribution in [0.5, 0.6) is 11.5 Å². The predicted molar refractivity (Wildman–Crippen MR) is 92.8 cm³/mol. The van der Waals surface area contributed by atoms with Crippen molar-refractivity contribution < 1.29 is 23.9 Å². The molecule has 0 heterocycles. The first-order valence-electron chi connectivity index (χ1n) is 7.58. The first-order chi connectivity index (χ1) is 11.4. The number of nitrogens with zero attached hydrogens (tertiary/aromatic N) is 1. The lowest BCUT2D eigenvalue weighted by Gasteiger charge is -2.11. The van der Waals surface area contributed by atoms with Crippen LogP contribution in [-0.4, -0.2) is 37.5 Å². The first kappa shape index (κ1) is 20.1. The molecule has 0 aromatic heterocycles. The van der Waals surface area contributed by atoms with Gasteiger partial charge in [-0.1, -0.05) is 13.8 Å². The van der Waals surface area contributed by atoms with Gasteiger partial charge in [-0.3, -0.25) is 14.9 Å². The summed E-state index contributed by atoms with van der Waals surface area (Å²) in [6, 6.07) is 2.97. The van der Waals surface area contributed by atoms with Gasteiger partial charge in [-0.05, 0) is 12.5 Å². The topological polar surface area (TPSA) is 87.9 Å². The van der Waals surface area contributed by atoms with Crippen molar-refractivity contribution in [2.45, 2.75) is 26.0 Å². The zero-order valence-corrected chi connectivity index (χ0v) is 15.2. The van der Waals surface area contributed by atoms with Crippen molar-refractivity contribution in [1.29, 1.82) is 0 Å². The Kier molecular flexibility index (Phi) is 8.39. The van der Waals surface area contributed by atoms with Crippen LogP contribution in [0, 0.1) is 16.0 Å². The van der Waals surface area contributed by atoms with E-state index in [-0.39, 0.29) is 24.2 Å². The molecule has 1 atom stereocenters. The third-order valence-corrected chi connectivity index (χ3v) is 4.50. The Labute approximate surface area is 145 Å². The summed E-state index contributed by atoms with van der Waals surface area (Å²) in [5.41, 5.74) is 0.521. The molecule has 0 aliphatic carbocycles. The lowest BCUT2D eigenvalue weighted by molar-refractivity contribution is -0.385. The number of esters is 1. The number of nitro groups is 1. The summed E-state index contributed by atoms with van der Waals surface area (Å²) in [7, 11) is 2.91. The number of benzene rings is 1. The Morgan fingerprint density at radius 3 is 2.46 bits per heavy atom. The molecule has 0 aliphatic rings. The molecule has 0 bridgehead atoms. The molecule has 8 heteroatoms. The van der Waals surface area contributed by atoms with Gasteiger partial charge in [-0.15, -0.1) is 0 Å². The van der Waals surface area contributed by atoms with Crippen LogP contribution >= 0.6 is 11.8 Å². The van der Waals surface area contributed by atoms with E-state index in [1.54, 1.807) is 6.07 Å². The molecule has 7 nitrogen and oxygen atoms in total. The van der Waals surface area contributed by atoms with Crippen molar-refractivity contribution in [3.8, 4) is 11.5 Å². The van der Waals surface area contributed by atoms with Gasteiger partial charge in [-0.2, -0.15) is 11.8 Å². The minimum Gasteiger partial charge on any atom is -0.493 e. The SMILES string of the molecule is CCC(C)C(=O)OCCSCc1cc(OC)c(OC)cc1[N+](=O)[O-]. The highest BCUT2D eigenvalue weighted by molar-refractivity contribution is 7.98. The summed E-state index contributed by atoms with van der Waals surface area (Å²) in [4.78, 5) is 22.3. The van der Waals surface area contributed by atoms with E-state index in [0.717, 1.165) is 6.42 Å². The smallest absolute Gasteiger partial charge is 0.308 e. The van der Waals surface area contributed by atoms with Crippen LogP contribution in [0.2, 0.25) is 0 Å². The number of methoxy groups -OCH3 is 2. The summed E-state index contributed by atoms with van der Waals surface area (Å²) < 4.78 is 15.4. The van der Waals surface area contributed by atoms with Gasteiger partial charge >= 0.3 is 5.97 Å². The molecule has 1 aromatic rings. The summed E-state index contributed by atoms with van der Waals surface area (Å²) in [6.45, 7) is 4.04. The second-order valence-electron chi connectivity index (χ2n) is 5.12. The van der Waals surface area contributed by atoms with E-state index in [1.807, 2.05) is 13.8 Å². The van der Waals surface area contributed by atoms with E-state index < -0.39 is 4.92 Å². The number of nitro benzene ring substituents is 1. The second kappa shape index (κ2) is 10.0. The summed E-state index contributed by atoms with van der Waals surface area (Å²) in [5.74, 6) is 1.42. The third-order valence-electron chi connectivity index (χ3n) is 3.53. The fraction of sp³-hybridized carbons (Fsp3) is 0.562. The predicted octanol–water partition coefficient (Wildman–Crippen LogP) is 3.43. The fourth-order valence-electron chi connectivity index (χ4n) is 1.89. The minimum absolute atomic E-state index is 0.0169. The van der Waals surface area contributed by atoms with E-state index in [0.29, 0.717) is 28.6 Å². The van der Waals surface area contributed by atoms with E-state index in [9.17, 15) is 14.9 Å². The van der Waals surface area contributed by atoms with Gasteiger partial charge in [0.1, 0.15) is 6.61 Å². The molecular weight excluding hydrogens is 334 g/mol. The van der Waals surface area contributed by atoms with Crippen LogP contribution in [0.25, 0.3) is 0 Å². The average molecular weight is 357 g/mol. The molecule has 1 aromatic carbocycles. The number of hydrogen-bond donors (Lipinski definition) is 0.